The highest BCUT2D eigenvalue weighted by Crippen LogP contribution is 2.35. The predicted octanol–water partition coefficient (Wildman–Crippen LogP) is 3.38. The van der Waals surface area contributed by atoms with E-state index in [2.05, 4.69) is 17.0 Å². The molecular formula is C21H23N3O2S. The Hall–Kier alpha value is -2.36. The number of piperidine rings is 1. The molecule has 5 nitrogen and oxygen atoms in total. The quantitative estimate of drug-likeness (QED) is 0.800. The molecule has 0 aliphatic carbocycles. The fraction of sp³-hybridized carbons (Fsp3) is 0.429. The number of likely N-dealkylation sites (tertiary alicyclic amines) is 1. The second kappa shape index (κ2) is 7.71. The second-order valence-corrected chi connectivity index (χ2v) is 8.26. The number of carbonyl (C=O) groups excluding carboxylic acids is 1. The minimum Gasteiger partial charge on any atom is -0.379 e. The van der Waals surface area contributed by atoms with Crippen LogP contribution in [0.3, 0.4) is 0 Å². The number of ether oxygens (including phenoxy) is 1. The van der Waals surface area contributed by atoms with Gasteiger partial charge in [0.25, 0.3) is 5.91 Å². The molecule has 27 heavy (non-hydrogen) atoms. The fourth-order valence-corrected chi connectivity index (χ4v) is 4.81. The monoisotopic (exact) mass is 381 g/mol. The molecule has 2 aromatic rings. The van der Waals surface area contributed by atoms with Gasteiger partial charge in [0, 0.05) is 42.7 Å². The Labute approximate surface area is 163 Å². The van der Waals surface area contributed by atoms with Gasteiger partial charge in [-0.1, -0.05) is 6.07 Å². The van der Waals surface area contributed by atoms with Crippen LogP contribution in [0, 0.1) is 16.7 Å². The Bertz CT molecular complexity index is 845. The molecule has 0 saturated carbocycles. The summed E-state index contributed by atoms with van der Waals surface area (Å²) in [6, 6.07) is 11.9. The van der Waals surface area contributed by atoms with Crippen LogP contribution in [-0.4, -0.2) is 50.2 Å². The number of hydrogen-bond donors (Lipinski definition) is 0. The van der Waals surface area contributed by atoms with Gasteiger partial charge in [-0.3, -0.25) is 4.79 Å². The van der Waals surface area contributed by atoms with Crippen LogP contribution in [0.2, 0.25) is 0 Å². The minimum atomic E-state index is -0.0664. The molecule has 3 heterocycles. The summed E-state index contributed by atoms with van der Waals surface area (Å²) in [5, 5.41) is 13.1. The average molecular weight is 382 g/mol. The van der Waals surface area contributed by atoms with Gasteiger partial charge in [0.05, 0.1) is 30.4 Å². The standard InChI is InChI=1S/C21H23N3O2S/c22-12-17-3-1-4-19(11-17)23-8-9-26-16-21(14-23)6-2-7-24(15-21)20(25)18-5-10-27-13-18/h1,3-5,10-11,13H,2,6-9,14-16H2/t21-/m1/s1. The molecule has 2 aliphatic heterocycles. The number of carbonyl (C=O) groups is 1. The molecule has 0 N–H and O–H groups in total. The first-order valence-corrected chi connectivity index (χ1v) is 10.3. The van der Waals surface area contributed by atoms with E-state index in [0.717, 1.165) is 50.3 Å². The van der Waals surface area contributed by atoms with Gasteiger partial charge in [0.2, 0.25) is 0 Å². The van der Waals surface area contributed by atoms with E-state index in [4.69, 9.17) is 4.74 Å². The maximum Gasteiger partial charge on any atom is 0.254 e. The van der Waals surface area contributed by atoms with Gasteiger partial charge >= 0.3 is 0 Å². The van der Waals surface area contributed by atoms with Gasteiger partial charge < -0.3 is 14.5 Å². The topological polar surface area (TPSA) is 56.6 Å². The van der Waals surface area contributed by atoms with Gasteiger partial charge in [-0.05, 0) is 42.5 Å². The van der Waals surface area contributed by atoms with Crippen LogP contribution in [0.25, 0.3) is 0 Å². The van der Waals surface area contributed by atoms with Crippen LogP contribution >= 0.6 is 11.3 Å². The number of hydrogen-bond acceptors (Lipinski definition) is 5. The largest absolute Gasteiger partial charge is 0.379 e. The van der Waals surface area contributed by atoms with Crippen molar-refractivity contribution in [2.24, 2.45) is 5.41 Å². The van der Waals surface area contributed by atoms with Crippen molar-refractivity contribution in [2.75, 3.05) is 44.3 Å². The number of rotatable bonds is 2. The third kappa shape index (κ3) is 3.85. The summed E-state index contributed by atoms with van der Waals surface area (Å²) in [5.41, 5.74) is 2.44. The molecule has 1 aromatic carbocycles. The summed E-state index contributed by atoms with van der Waals surface area (Å²) < 4.78 is 5.97. The molecule has 2 aliphatic rings. The Kier molecular flexibility index (Phi) is 5.15. The molecule has 1 spiro atoms. The van der Waals surface area contributed by atoms with Crippen molar-refractivity contribution in [3.05, 3.63) is 52.2 Å². The van der Waals surface area contributed by atoms with Crippen LogP contribution in [0.5, 0.6) is 0 Å². The lowest BCUT2D eigenvalue weighted by Gasteiger charge is -2.44. The highest BCUT2D eigenvalue weighted by molar-refractivity contribution is 7.08. The summed E-state index contributed by atoms with van der Waals surface area (Å²) in [4.78, 5) is 17.2. The predicted molar refractivity (Wildman–Crippen MR) is 106 cm³/mol. The Morgan fingerprint density at radius 1 is 1.26 bits per heavy atom. The van der Waals surface area contributed by atoms with Crippen molar-refractivity contribution in [2.45, 2.75) is 12.8 Å². The Morgan fingerprint density at radius 2 is 2.19 bits per heavy atom. The van der Waals surface area contributed by atoms with Crippen molar-refractivity contribution in [1.29, 1.82) is 5.26 Å². The lowest BCUT2D eigenvalue weighted by atomic mass is 9.79. The molecule has 1 atom stereocenters. The van der Waals surface area contributed by atoms with E-state index >= 15 is 0 Å². The molecule has 2 fully saturated rings. The first kappa shape index (κ1) is 18.0. The van der Waals surface area contributed by atoms with Crippen molar-refractivity contribution in [3.8, 4) is 6.07 Å². The summed E-state index contributed by atoms with van der Waals surface area (Å²) in [5.74, 6) is 0.123. The van der Waals surface area contributed by atoms with Crippen molar-refractivity contribution in [1.82, 2.24) is 4.90 Å². The van der Waals surface area contributed by atoms with Crippen molar-refractivity contribution in [3.63, 3.8) is 0 Å². The van der Waals surface area contributed by atoms with E-state index in [0.29, 0.717) is 18.8 Å². The van der Waals surface area contributed by atoms with Gasteiger partial charge in [-0.2, -0.15) is 16.6 Å². The smallest absolute Gasteiger partial charge is 0.254 e. The first-order chi connectivity index (χ1) is 13.2. The zero-order chi connectivity index (χ0) is 18.7. The number of nitrogens with zero attached hydrogens (tertiary/aromatic N) is 3. The minimum absolute atomic E-state index is 0.0664. The summed E-state index contributed by atoms with van der Waals surface area (Å²) in [6.45, 7) is 4.51. The van der Waals surface area contributed by atoms with Gasteiger partial charge in [0.15, 0.2) is 0 Å². The molecule has 4 rings (SSSR count). The Morgan fingerprint density at radius 3 is 3.00 bits per heavy atom. The average Bonchev–Trinajstić information content (AvgIpc) is 3.17. The molecule has 140 valence electrons. The van der Waals surface area contributed by atoms with Crippen LogP contribution < -0.4 is 4.90 Å². The van der Waals surface area contributed by atoms with E-state index in [1.165, 1.54) is 0 Å². The molecule has 1 amide bonds. The zero-order valence-electron chi connectivity index (χ0n) is 15.3. The number of thiophene rings is 1. The van der Waals surface area contributed by atoms with Gasteiger partial charge in [-0.25, -0.2) is 0 Å². The number of amides is 1. The third-order valence-corrected chi connectivity index (χ3v) is 6.18. The van der Waals surface area contributed by atoms with Crippen molar-refractivity contribution >= 4 is 22.9 Å². The molecule has 1 aromatic heterocycles. The SMILES string of the molecule is N#Cc1cccc(N2CCOC[C@]3(CCCN(C(=O)c4ccsc4)C3)C2)c1. The Balaban J connectivity index is 1.55. The third-order valence-electron chi connectivity index (χ3n) is 5.50. The maximum atomic E-state index is 12.8. The molecule has 0 radical (unpaired) electrons. The zero-order valence-corrected chi connectivity index (χ0v) is 16.1. The number of nitriles is 1. The molecular weight excluding hydrogens is 358 g/mol. The first-order valence-electron chi connectivity index (χ1n) is 9.33. The van der Waals surface area contributed by atoms with E-state index in [9.17, 15) is 10.1 Å². The maximum absolute atomic E-state index is 12.8. The van der Waals surface area contributed by atoms with Gasteiger partial charge in [0.1, 0.15) is 0 Å². The molecule has 6 heteroatoms. The summed E-state index contributed by atoms with van der Waals surface area (Å²) in [6.07, 6.45) is 2.04. The highest BCUT2D eigenvalue weighted by Gasteiger charge is 2.40. The van der Waals surface area contributed by atoms with E-state index in [-0.39, 0.29) is 11.3 Å². The molecule has 2 saturated heterocycles. The number of anilines is 1. The van der Waals surface area contributed by atoms with E-state index in [1.807, 2.05) is 39.9 Å². The second-order valence-electron chi connectivity index (χ2n) is 7.48. The normalized spacial score (nSPS) is 23.1. The lowest BCUT2D eigenvalue weighted by molar-refractivity contribution is 0.0135. The van der Waals surface area contributed by atoms with Crippen LogP contribution in [0.1, 0.15) is 28.8 Å². The van der Waals surface area contributed by atoms with Crippen LogP contribution in [0.15, 0.2) is 41.1 Å². The summed E-state index contributed by atoms with van der Waals surface area (Å²) in [7, 11) is 0. The van der Waals surface area contributed by atoms with E-state index < -0.39 is 0 Å². The fourth-order valence-electron chi connectivity index (χ4n) is 4.18. The van der Waals surface area contributed by atoms with E-state index in [1.54, 1.807) is 11.3 Å². The van der Waals surface area contributed by atoms with Crippen LogP contribution in [0.4, 0.5) is 5.69 Å². The lowest BCUT2D eigenvalue weighted by Crippen LogP contribution is -2.52. The van der Waals surface area contributed by atoms with Gasteiger partial charge in [-0.15, -0.1) is 0 Å². The summed E-state index contributed by atoms with van der Waals surface area (Å²) >= 11 is 1.56. The highest BCUT2D eigenvalue weighted by atomic mass is 32.1. The molecule has 0 bridgehead atoms. The molecule has 0 unspecified atom stereocenters. The van der Waals surface area contributed by atoms with Crippen molar-refractivity contribution < 1.29 is 9.53 Å². The number of benzene rings is 1. The van der Waals surface area contributed by atoms with Crippen LogP contribution in [-0.2, 0) is 4.74 Å².